The van der Waals surface area contributed by atoms with Crippen molar-refractivity contribution in [3.8, 4) is 0 Å². The highest BCUT2D eigenvalue weighted by atomic mass is 32.1. The van der Waals surface area contributed by atoms with Gasteiger partial charge in [0.2, 0.25) is 0 Å². The maximum absolute atomic E-state index is 12.9. The second-order valence-corrected chi connectivity index (χ2v) is 7.84. The van der Waals surface area contributed by atoms with Gasteiger partial charge in [-0.2, -0.15) is 0 Å². The van der Waals surface area contributed by atoms with Gasteiger partial charge in [-0.05, 0) is 42.3 Å². The van der Waals surface area contributed by atoms with Crippen molar-refractivity contribution in [2.24, 2.45) is 0 Å². The number of nitrogens with one attached hydrogen (secondary N) is 1. The largest absolute Gasteiger partial charge is 0.348 e. The number of rotatable bonds is 5. The number of hydrogen-bond acceptors (Lipinski definition) is 2. The Morgan fingerprint density at radius 2 is 1.92 bits per heavy atom. The number of benzene rings is 1. The smallest absolute Gasteiger partial charge is 0.268 e. The van der Waals surface area contributed by atoms with E-state index in [9.17, 15) is 4.79 Å². The molecule has 1 amide bonds. The van der Waals surface area contributed by atoms with E-state index in [0.29, 0.717) is 6.04 Å². The van der Waals surface area contributed by atoms with Gasteiger partial charge < -0.3 is 9.88 Å². The Labute approximate surface area is 152 Å². The van der Waals surface area contributed by atoms with E-state index in [1.165, 1.54) is 35.0 Å². The fourth-order valence-corrected chi connectivity index (χ4v) is 4.62. The maximum atomic E-state index is 12.9. The summed E-state index contributed by atoms with van der Waals surface area (Å²) in [5.74, 6) is 0.0864. The minimum Gasteiger partial charge on any atom is -0.348 e. The van der Waals surface area contributed by atoms with Crippen LogP contribution in [0.15, 0.2) is 47.8 Å². The summed E-state index contributed by atoms with van der Waals surface area (Å²) in [5, 5.41) is 5.37. The molecule has 130 valence electrons. The minimum absolute atomic E-state index is 0.0864. The molecule has 0 radical (unpaired) electrons. The number of carbonyl (C=O) groups excluding carboxylic acids is 1. The Kier molecular flexibility index (Phi) is 4.88. The second kappa shape index (κ2) is 7.44. The summed E-state index contributed by atoms with van der Waals surface area (Å²) in [7, 11) is 0. The van der Waals surface area contributed by atoms with Crippen molar-refractivity contribution in [3.63, 3.8) is 0 Å². The highest BCUT2D eigenvalue weighted by Gasteiger charge is 2.20. The Morgan fingerprint density at radius 1 is 1.12 bits per heavy atom. The van der Waals surface area contributed by atoms with Crippen molar-refractivity contribution >= 4 is 27.5 Å². The predicted octanol–water partition coefficient (Wildman–Crippen LogP) is 5.01. The number of aromatic nitrogens is 1. The van der Waals surface area contributed by atoms with Crippen LogP contribution in [0.2, 0.25) is 0 Å². The van der Waals surface area contributed by atoms with Gasteiger partial charge >= 0.3 is 0 Å². The molecule has 0 aliphatic heterocycles. The summed E-state index contributed by atoms with van der Waals surface area (Å²) in [5.41, 5.74) is 3.29. The molecule has 1 aliphatic carbocycles. The number of aryl methyl sites for hydroxylation is 2. The SMILES string of the molecule is O=C(NC1CCCCC1)c1cc2sccc2n1CCc1ccccc1. The van der Waals surface area contributed by atoms with Crippen LogP contribution >= 0.6 is 11.3 Å². The predicted molar refractivity (Wildman–Crippen MR) is 104 cm³/mol. The van der Waals surface area contributed by atoms with Gasteiger partial charge in [-0.1, -0.05) is 49.6 Å². The molecule has 3 aromatic rings. The molecule has 0 spiro atoms. The molecule has 0 bridgehead atoms. The van der Waals surface area contributed by atoms with Gasteiger partial charge in [0.15, 0.2) is 0 Å². The van der Waals surface area contributed by atoms with Gasteiger partial charge in [-0.15, -0.1) is 11.3 Å². The molecular formula is C21H24N2OS. The van der Waals surface area contributed by atoms with Crippen LogP contribution in [0.25, 0.3) is 10.2 Å². The van der Waals surface area contributed by atoms with Crippen LogP contribution < -0.4 is 5.32 Å². The Hall–Kier alpha value is -2.07. The first kappa shape index (κ1) is 16.4. The fraction of sp³-hybridized carbons (Fsp3) is 0.381. The maximum Gasteiger partial charge on any atom is 0.268 e. The van der Waals surface area contributed by atoms with E-state index >= 15 is 0 Å². The first-order valence-corrected chi connectivity index (χ1v) is 10.1. The third kappa shape index (κ3) is 3.64. The molecule has 3 nitrogen and oxygen atoms in total. The Bertz CT molecular complexity index is 843. The van der Waals surface area contributed by atoms with Crippen LogP contribution in [0.4, 0.5) is 0 Å². The van der Waals surface area contributed by atoms with E-state index in [-0.39, 0.29) is 5.91 Å². The van der Waals surface area contributed by atoms with Crippen LogP contribution in [-0.2, 0) is 13.0 Å². The molecule has 1 aromatic carbocycles. The fourth-order valence-electron chi connectivity index (χ4n) is 3.80. The normalized spacial score (nSPS) is 15.5. The summed E-state index contributed by atoms with van der Waals surface area (Å²) in [4.78, 5) is 12.9. The van der Waals surface area contributed by atoms with E-state index in [1.807, 2.05) is 6.07 Å². The van der Waals surface area contributed by atoms with Gasteiger partial charge in [-0.25, -0.2) is 0 Å². The minimum atomic E-state index is 0.0864. The van der Waals surface area contributed by atoms with Crippen LogP contribution in [0.3, 0.4) is 0 Å². The number of fused-ring (bicyclic) bond motifs is 1. The molecule has 1 fully saturated rings. The van der Waals surface area contributed by atoms with Gasteiger partial charge in [0.1, 0.15) is 5.69 Å². The van der Waals surface area contributed by atoms with Crippen molar-refractivity contribution in [1.29, 1.82) is 0 Å². The van der Waals surface area contributed by atoms with Gasteiger partial charge in [0.05, 0.1) is 10.2 Å². The van der Waals surface area contributed by atoms with E-state index in [0.717, 1.165) is 31.5 Å². The molecule has 0 saturated heterocycles. The number of thiophene rings is 1. The topological polar surface area (TPSA) is 34.0 Å². The number of carbonyl (C=O) groups is 1. The highest BCUT2D eigenvalue weighted by molar-refractivity contribution is 7.17. The average molecular weight is 353 g/mol. The van der Waals surface area contributed by atoms with Crippen LogP contribution in [0.1, 0.15) is 48.2 Å². The molecule has 1 saturated carbocycles. The van der Waals surface area contributed by atoms with E-state index in [2.05, 4.69) is 51.7 Å². The quantitative estimate of drug-likeness (QED) is 0.688. The molecule has 1 aliphatic rings. The molecule has 0 atom stereocenters. The third-order valence-corrected chi connectivity index (χ3v) is 6.02. The lowest BCUT2D eigenvalue weighted by Crippen LogP contribution is -2.37. The molecule has 25 heavy (non-hydrogen) atoms. The summed E-state index contributed by atoms with van der Waals surface area (Å²) >= 11 is 1.71. The van der Waals surface area contributed by atoms with Crippen LogP contribution in [-0.4, -0.2) is 16.5 Å². The first-order valence-electron chi connectivity index (χ1n) is 9.23. The van der Waals surface area contributed by atoms with Crippen molar-refractivity contribution in [2.45, 2.75) is 51.1 Å². The molecular weight excluding hydrogens is 328 g/mol. The lowest BCUT2D eigenvalue weighted by atomic mass is 9.95. The zero-order chi connectivity index (χ0) is 17.1. The molecule has 0 unspecified atom stereocenters. The zero-order valence-corrected chi connectivity index (χ0v) is 15.2. The van der Waals surface area contributed by atoms with Crippen LogP contribution in [0.5, 0.6) is 0 Å². The molecule has 4 rings (SSSR count). The first-order chi connectivity index (χ1) is 12.3. The summed E-state index contributed by atoms with van der Waals surface area (Å²) in [6.07, 6.45) is 6.93. The molecule has 2 heterocycles. The lowest BCUT2D eigenvalue weighted by Gasteiger charge is -2.23. The van der Waals surface area contributed by atoms with Crippen molar-refractivity contribution < 1.29 is 4.79 Å². The van der Waals surface area contributed by atoms with E-state index in [4.69, 9.17) is 0 Å². The Morgan fingerprint density at radius 3 is 2.72 bits per heavy atom. The summed E-state index contributed by atoms with van der Waals surface area (Å²) in [6, 6.07) is 15.0. The van der Waals surface area contributed by atoms with Crippen molar-refractivity contribution in [1.82, 2.24) is 9.88 Å². The second-order valence-electron chi connectivity index (χ2n) is 6.90. The number of amides is 1. The third-order valence-electron chi connectivity index (χ3n) is 5.16. The average Bonchev–Trinajstić information content (AvgIpc) is 3.23. The van der Waals surface area contributed by atoms with Gasteiger partial charge in [0.25, 0.3) is 5.91 Å². The van der Waals surface area contributed by atoms with Gasteiger partial charge in [0, 0.05) is 12.6 Å². The highest BCUT2D eigenvalue weighted by Crippen LogP contribution is 2.26. The molecule has 2 aromatic heterocycles. The summed E-state index contributed by atoms with van der Waals surface area (Å²) in [6.45, 7) is 0.831. The van der Waals surface area contributed by atoms with Gasteiger partial charge in [-0.3, -0.25) is 4.79 Å². The van der Waals surface area contributed by atoms with E-state index in [1.54, 1.807) is 11.3 Å². The van der Waals surface area contributed by atoms with Crippen molar-refractivity contribution in [2.75, 3.05) is 0 Å². The zero-order valence-electron chi connectivity index (χ0n) is 14.4. The number of nitrogens with zero attached hydrogens (tertiary/aromatic N) is 1. The molecule has 4 heteroatoms. The van der Waals surface area contributed by atoms with E-state index < -0.39 is 0 Å². The lowest BCUT2D eigenvalue weighted by molar-refractivity contribution is 0.0918. The monoisotopic (exact) mass is 352 g/mol. The standard InChI is InChI=1S/C21H24N2OS/c24-21(22-17-9-5-2-6-10-17)19-15-20-18(12-14-25-20)23(19)13-11-16-7-3-1-4-8-16/h1,3-4,7-8,12,14-15,17H,2,5-6,9-11,13H2,(H,22,24). The molecule has 1 N–H and O–H groups in total. The summed E-state index contributed by atoms with van der Waals surface area (Å²) < 4.78 is 3.39. The van der Waals surface area contributed by atoms with Crippen molar-refractivity contribution in [3.05, 3.63) is 59.1 Å². The van der Waals surface area contributed by atoms with Crippen LogP contribution in [0, 0.1) is 0 Å². The number of hydrogen-bond donors (Lipinski definition) is 1. The Balaban J connectivity index is 1.55.